The predicted octanol–water partition coefficient (Wildman–Crippen LogP) is 1.41. The second-order valence-corrected chi connectivity index (χ2v) is 5.37. The first kappa shape index (κ1) is 11.7. The topological polar surface area (TPSA) is 41.1 Å². The monoisotopic (exact) mass is 244 g/mol. The van der Waals surface area contributed by atoms with Crippen LogP contribution in [0.3, 0.4) is 0 Å². The van der Waals surface area contributed by atoms with Gasteiger partial charge in [0.1, 0.15) is 0 Å². The highest BCUT2D eigenvalue weighted by atomic mass is 16.2. The summed E-state index contributed by atoms with van der Waals surface area (Å²) in [4.78, 5) is 12.1. The Bertz CT molecular complexity index is 438. The van der Waals surface area contributed by atoms with Crippen LogP contribution in [0.15, 0.2) is 24.3 Å². The van der Waals surface area contributed by atoms with Crippen LogP contribution in [-0.4, -0.2) is 24.5 Å². The first-order valence-electron chi connectivity index (χ1n) is 6.93. The molecule has 1 aromatic rings. The maximum absolute atomic E-state index is 12.1. The molecule has 1 fully saturated rings. The van der Waals surface area contributed by atoms with Gasteiger partial charge in [0.15, 0.2) is 0 Å². The Morgan fingerprint density at radius 1 is 1.22 bits per heavy atom. The fraction of sp³-hybridized carbons (Fsp3) is 0.533. The van der Waals surface area contributed by atoms with Gasteiger partial charge in [-0.25, -0.2) is 0 Å². The average molecular weight is 244 g/mol. The molecular formula is C15H20N2O. The summed E-state index contributed by atoms with van der Waals surface area (Å²) in [5.41, 5.74) is 2.84. The SMILES string of the molecule is O=C(NC1CCc2ccccc2C1)[C@H]1CCCN1. The first-order chi connectivity index (χ1) is 8.83. The molecule has 1 saturated heterocycles. The van der Waals surface area contributed by atoms with Crippen molar-refractivity contribution in [1.29, 1.82) is 0 Å². The molecule has 1 aliphatic heterocycles. The molecule has 1 aromatic carbocycles. The van der Waals surface area contributed by atoms with Crippen LogP contribution in [0.1, 0.15) is 30.4 Å². The second-order valence-electron chi connectivity index (χ2n) is 5.37. The molecule has 1 unspecified atom stereocenters. The summed E-state index contributed by atoms with van der Waals surface area (Å²) in [5.74, 6) is 0.192. The number of fused-ring (bicyclic) bond motifs is 1. The molecule has 2 N–H and O–H groups in total. The van der Waals surface area contributed by atoms with Gasteiger partial charge in [-0.05, 0) is 49.8 Å². The van der Waals surface area contributed by atoms with Crippen LogP contribution in [0.2, 0.25) is 0 Å². The number of nitrogens with one attached hydrogen (secondary N) is 2. The quantitative estimate of drug-likeness (QED) is 0.826. The zero-order chi connectivity index (χ0) is 12.4. The van der Waals surface area contributed by atoms with E-state index in [9.17, 15) is 4.79 Å². The summed E-state index contributed by atoms with van der Waals surface area (Å²) in [7, 11) is 0. The highest BCUT2D eigenvalue weighted by Gasteiger charge is 2.25. The van der Waals surface area contributed by atoms with Crippen LogP contribution in [0.25, 0.3) is 0 Å². The van der Waals surface area contributed by atoms with E-state index >= 15 is 0 Å². The summed E-state index contributed by atoms with van der Waals surface area (Å²) < 4.78 is 0. The van der Waals surface area contributed by atoms with Gasteiger partial charge in [0, 0.05) is 6.04 Å². The molecule has 2 atom stereocenters. The van der Waals surface area contributed by atoms with Gasteiger partial charge in [-0.1, -0.05) is 24.3 Å². The molecule has 18 heavy (non-hydrogen) atoms. The molecule has 0 aromatic heterocycles. The van der Waals surface area contributed by atoms with E-state index in [4.69, 9.17) is 0 Å². The van der Waals surface area contributed by atoms with E-state index in [-0.39, 0.29) is 11.9 Å². The van der Waals surface area contributed by atoms with Crippen molar-refractivity contribution in [2.45, 2.75) is 44.2 Å². The Morgan fingerprint density at radius 2 is 2.06 bits per heavy atom. The van der Waals surface area contributed by atoms with E-state index in [1.807, 2.05) is 0 Å². The number of carbonyl (C=O) groups excluding carboxylic acids is 1. The molecule has 0 spiro atoms. The van der Waals surface area contributed by atoms with Crippen molar-refractivity contribution in [3.05, 3.63) is 35.4 Å². The second kappa shape index (κ2) is 5.11. The minimum Gasteiger partial charge on any atom is -0.352 e. The summed E-state index contributed by atoms with van der Waals surface area (Å²) >= 11 is 0. The summed E-state index contributed by atoms with van der Waals surface area (Å²) in [6, 6.07) is 8.92. The lowest BCUT2D eigenvalue weighted by Crippen LogP contribution is -2.47. The third kappa shape index (κ3) is 2.41. The molecule has 3 rings (SSSR count). The van der Waals surface area contributed by atoms with E-state index in [1.54, 1.807) is 0 Å². The number of rotatable bonds is 2. The van der Waals surface area contributed by atoms with E-state index in [0.717, 1.165) is 38.6 Å². The molecule has 3 nitrogen and oxygen atoms in total. The molecule has 96 valence electrons. The van der Waals surface area contributed by atoms with Gasteiger partial charge in [-0.3, -0.25) is 4.79 Å². The molecule has 0 saturated carbocycles. The maximum atomic E-state index is 12.1. The molecule has 3 heteroatoms. The first-order valence-corrected chi connectivity index (χ1v) is 6.93. The summed E-state index contributed by atoms with van der Waals surface area (Å²) in [6.07, 6.45) is 5.23. The van der Waals surface area contributed by atoms with Gasteiger partial charge < -0.3 is 10.6 Å². The predicted molar refractivity (Wildman–Crippen MR) is 71.4 cm³/mol. The Kier molecular flexibility index (Phi) is 3.33. The standard InChI is InChI=1S/C15H20N2O/c18-15(14-6-3-9-16-14)17-13-8-7-11-4-1-2-5-12(11)10-13/h1-2,4-5,13-14,16H,3,6-10H2,(H,17,18)/t13?,14-/m1/s1. The van der Waals surface area contributed by atoms with E-state index in [0.29, 0.717) is 6.04 Å². The van der Waals surface area contributed by atoms with Crippen molar-refractivity contribution in [2.24, 2.45) is 0 Å². The van der Waals surface area contributed by atoms with Crippen molar-refractivity contribution >= 4 is 5.91 Å². The fourth-order valence-electron chi connectivity index (χ4n) is 3.03. The minimum atomic E-state index is 0.0437. The van der Waals surface area contributed by atoms with Crippen molar-refractivity contribution < 1.29 is 4.79 Å². The van der Waals surface area contributed by atoms with Gasteiger partial charge in [-0.2, -0.15) is 0 Å². The molecule has 0 bridgehead atoms. The average Bonchev–Trinajstić information content (AvgIpc) is 2.92. The van der Waals surface area contributed by atoms with Crippen LogP contribution in [0, 0.1) is 0 Å². The number of benzene rings is 1. The van der Waals surface area contributed by atoms with Crippen molar-refractivity contribution in [1.82, 2.24) is 10.6 Å². The van der Waals surface area contributed by atoms with Crippen molar-refractivity contribution in [3.8, 4) is 0 Å². The Morgan fingerprint density at radius 3 is 2.83 bits per heavy atom. The lowest BCUT2D eigenvalue weighted by atomic mass is 9.88. The zero-order valence-corrected chi connectivity index (χ0v) is 10.6. The van der Waals surface area contributed by atoms with Gasteiger partial charge in [0.25, 0.3) is 0 Å². The number of aryl methyl sites for hydroxylation is 1. The smallest absolute Gasteiger partial charge is 0.237 e. The van der Waals surface area contributed by atoms with Crippen LogP contribution in [0.4, 0.5) is 0 Å². The highest BCUT2D eigenvalue weighted by Crippen LogP contribution is 2.21. The molecule has 0 radical (unpaired) electrons. The largest absolute Gasteiger partial charge is 0.352 e. The maximum Gasteiger partial charge on any atom is 0.237 e. The summed E-state index contributed by atoms with van der Waals surface area (Å²) in [5, 5.41) is 6.45. The number of amides is 1. The molecular weight excluding hydrogens is 224 g/mol. The van der Waals surface area contributed by atoms with Gasteiger partial charge in [-0.15, -0.1) is 0 Å². The zero-order valence-electron chi connectivity index (χ0n) is 10.6. The highest BCUT2D eigenvalue weighted by molar-refractivity contribution is 5.82. The van der Waals surface area contributed by atoms with Crippen LogP contribution in [-0.2, 0) is 17.6 Å². The Labute approximate surface area is 108 Å². The van der Waals surface area contributed by atoms with Gasteiger partial charge >= 0.3 is 0 Å². The normalized spacial score (nSPS) is 26.7. The van der Waals surface area contributed by atoms with E-state index < -0.39 is 0 Å². The van der Waals surface area contributed by atoms with Crippen LogP contribution >= 0.6 is 0 Å². The minimum absolute atomic E-state index is 0.0437. The lowest BCUT2D eigenvalue weighted by Gasteiger charge is -2.26. The number of carbonyl (C=O) groups is 1. The van der Waals surface area contributed by atoms with Crippen molar-refractivity contribution in [3.63, 3.8) is 0 Å². The number of hydrogen-bond acceptors (Lipinski definition) is 2. The van der Waals surface area contributed by atoms with Crippen molar-refractivity contribution in [2.75, 3.05) is 6.54 Å². The third-order valence-electron chi connectivity index (χ3n) is 4.07. The molecule has 1 heterocycles. The van der Waals surface area contributed by atoms with Gasteiger partial charge in [0.2, 0.25) is 5.91 Å². The molecule has 1 amide bonds. The van der Waals surface area contributed by atoms with Crippen LogP contribution < -0.4 is 10.6 Å². The fourth-order valence-corrected chi connectivity index (χ4v) is 3.03. The number of hydrogen-bond donors (Lipinski definition) is 2. The van der Waals surface area contributed by atoms with E-state index in [2.05, 4.69) is 34.9 Å². The Hall–Kier alpha value is -1.35. The van der Waals surface area contributed by atoms with E-state index in [1.165, 1.54) is 11.1 Å². The third-order valence-corrected chi connectivity index (χ3v) is 4.07. The van der Waals surface area contributed by atoms with Crippen LogP contribution in [0.5, 0.6) is 0 Å². The molecule has 1 aliphatic carbocycles. The van der Waals surface area contributed by atoms with Gasteiger partial charge in [0.05, 0.1) is 6.04 Å². The Balaban J connectivity index is 1.60. The molecule has 2 aliphatic rings. The lowest BCUT2D eigenvalue weighted by molar-refractivity contribution is -0.123. The summed E-state index contributed by atoms with van der Waals surface area (Å²) in [6.45, 7) is 0.978.